The predicted molar refractivity (Wildman–Crippen MR) is 228 cm³/mol. The van der Waals surface area contributed by atoms with Gasteiger partial charge in [0.05, 0.1) is 12.4 Å². The normalized spacial score (nSPS) is 12.8. The average Bonchev–Trinajstić information content (AvgIpc) is 3.06. The Morgan fingerprint density at radius 1 is 0.348 bits per heavy atom. The second-order valence-corrected chi connectivity index (χ2v) is 32.5. The third kappa shape index (κ3) is 9.34. The summed E-state index contributed by atoms with van der Waals surface area (Å²) in [6.07, 6.45) is -7.82. The Kier molecular flexibility index (Phi) is 15.0. The van der Waals surface area contributed by atoms with Crippen molar-refractivity contribution in [3.05, 3.63) is 121 Å². The molecule has 0 heterocycles. The lowest BCUT2D eigenvalue weighted by atomic mass is 10.4. The highest BCUT2D eigenvalue weighted by Gasteiger charge is 2.34. The van der Waals surface area contributed by atoms with Gasteiger partial charge in [-0.15, -0.1) is 0 Å². The molecule has 0 radical (unpaired) electrons. The van der Waals surface area contributed by atoms with Crippen LogP contribution in [0.4, 0.5) is 0 Å². The molecule has 0 atom stereocenters. The maximum absolute atomic E-state index is 6.28. The van der Waals surface area contributed by atoms with E-state index in [0.717, 1.165) is 0 Å². The molecule has 10 heteroatoms. The van der Waals surface area contributed by atoms with Crippen LogP contribution in [0.25, 0.3) is 0 Å². The first-order chi connectivity index (χ1) is 21.6. The Morgan fingerprint density at radius 2 is 0.522 bits per heavy atom. The molecule has 248 valence electrons. The van der Waals surface area contributed by atoms with Gasteiger partial charge in [-0.3, -0.25) is 9.72 Å². The SMILES string of the molecule is CC(C)P(=S)(NP(=S)(c1ccccc1)c1ccccc1)C(C)C.CC(C)P(=S)(NP(=S)(c1ccccc1)c1ccccc1)C(C)C. The fourth-order valence-electron chi connectivity index (χ4n) is 5.18. The lowest BCUT2D eigenvalue weighted by molar-refractivity contribution is 0.993. The van der Waals surface area contributed by atoms with E-state index in [1.807, 2.05) is 24.3 Å². The van der Waals surface area contributed by atoms with Crippen LogP contribution in [0, 0.1) is 0 Å². The molecule has 4 aromatic carbocycles. The van der Waals surface area contributed by atoms with Gasteiger partial charge in [-0.25, -0.2) is 0 Å². The number of hydrogen-bond donors (Lipinski definition) is 2. The predicted octanol–water partition coefficient (Wildman–Crippen LogP) is 9.67. The molecule has 2 nitrogen and oxygen atoms in total. The van der Waals surface area contributed by atoms with Crippen LogP contribution in [-0.2, 0) is 47.2 Å². The van der Waals surface area contributed by atoms with Gasteiger partial charge in [-0.1, -0.05) is 224 Å². The lowest BCUT2D eigenvalue weighted by Gasteiger charge is -2.37. The van der Waals surface area contributed by atoms with E-state index in [1.54, 1.807) is 0 Å². The van der Waals surface area contributed by atoms with Gasteiger partial charge in [0.25, 0.3) is 0 Å². The van der Waals surface area contributed by atoms with Gasteiger partial charge in [-0.05, 0) is 22.6 Å². The van der Waals surface area contributed by atoms with Gasteiger partial charge in [0.15, 0.2) is 0 Å². The molecule has 0 spiro atoms. The summed E-state index contributed by atoms with van der Waals surface area (Å²) in [5, 5.41) is 4.77. The Hall–Kier alpha value is -0.600. The zero-order valence-electron chi connectivity index (χ0n) is 28.3. The smallest absolute Gasteiger partial charge is 0.0723 e. The van der Waals surface area contributed by atoms with Crippen molar-refractivity contribution in [1.29, 1.82) is 0 Å². The molecule has 0 aliphatic rings. The molecular formula is C36H50N2P4S4. The Balaban J connectivity index is 0.000000250. The zero-order chi connectivity index (χ0) is 34.2. The van der Waals surface area contributed by atoms with E-state index in [9.17, 15) is 0 Å². The average molecular weight is 763 g/mol. The van der Waals surface area contributed by atoms with Crippen molar-refractivity contribution in [3.8, 4) is 0 Å². The molecule has 0 aliphatic heterocycles. The van der Waals surface area contributed by atoms with Gasteiger partial charge in [0.1, 0.15) is 0 Å². The summed E-state index contributed by atoms with van der Waals surface area (Å²) in [7, 11) is 0. The van der Waals surface area contributed by atoms with Crippen LogP contribution >= 0.6 is 24.8 Å². The molecule has 4 rings (SSSR count). The molecule has 0 aromatic heterocycles. The van der Waals surface area contributed by atoms with Crippen molar-refractivity contribution < 1.29 is 0 Å². The third-order valence-corrected chi connectivity index (χ3v) is 33.7. The molecule has 0 saturated carbocycles. The highest BCUT2D eigenvalue weighted by atomic mass is 32.5. The molecule has 0 unspecified atom stereocenters. The molecule has 0 saturated heterocycles. The fraction of sp³-hybridized carbons (Fsp3) is 0.333. The van der Waals surface area contributed by atoms with Crippen molar-refractivity contribution >= 4 is 93.2 Å². The monoisotopic (exact) mass is 762 g/mol. The van der Waals surface area contributed by atoms with Crippen LogP contribution in [-0.4, -0.2) is 22.6 Å². The summed E-state index contributed by atoms with van der Waals surface area (Å²) in [5.41, 5.74) is 1.69. The summed E-state index contributed by atoms with van der Waals surface area (Å²) < 4.78 is 0. The van der Waals surface area contributed by atoms with E-state index in [0.29, 0.717) is 22.6 Å². The van der Waals surface area contributed by atoms with Crippen molar-refractivity contribution in [2.45, 2.75) is 78.0 Å². The molecule has 4 aromatic rings. The summed E-state index contributed by atoms with van der Waals surface area (Å²) in [5.74, 6) is 0. The Labute approximate surface area is 300 Å². The summed E-state index contributed by atoms with van der Waals surface area (Å²) in [6.45, 7) is 17.8. The Morgan fingerprint density at radius 3 is 0.674 bits per heavy atom. The standard InChI is InChI=1S/2C18H25NP2S2/c2*1-15(2)20(22,16(3)4)19-21(23,17-11-7-5-8-12-17)18-13-9-6-10-14-18/h2*5-16H,1-4H3,(H,19,22,23). The van der Waals surface area contributed by atoms with Gasteiger partial charge < -0.3 is 0 Å². The second kappa shape index (κ2) is 17.4. The van der Waals surface area contributed by atoms with Crippen molar-refractivity contribution in [2.75, 3.05) is 0 Å². The quantitative estimate of drug-likeness (QED) is 0.140. The van der Waals surface area contributed by atoms with Crippen LogP contribution in [0.1, 0.15) is 55.4 Å². The van der Waals surface area contributed by atoms with Crippen LogP contribution in [0.5, 0.6) is 0 Å². The summed E-state index contributed by atoms with van der Waals surface area (Å²) in [4.78, 5) is 7.78. The fourth-order valence-corrected chi connectivity index (χ4v) is 26.6. The molecule has 0 aliphatic carbocycles. The van der Waals surface area contributed by atoms with Crippen LogP contribution in [0.15, 0.2) is 121 Å². The van der Waals surface area contributed by atoms with Crippen molar-refractivity contribution in [1.82, 2.24) is 9.72 Å². The van der Waals surface area contributed by atoms with E-state index in [4.69, 9.17) is 47.2 Å². The summed E-state index contributed by atoms with van der Waals surface area (Å²) in [6, 6.07) is 41.8. The topological polar surface area (TPSA) is 24.1 Å². The van der Waals surface area contributed by atoms with Crippen LogP contribution < -0.4 is 30.9 Å². The first-order valence-electron chi connectivity index (χ1n) is 15.8. The first-order valence-corrected chi connectivity index (χ1v) is 27.3. The van der Waals surface area contributed by atoms with E-state index < -0.39 is 24.8 Å². The van der Waals surface area contributed by atoms with Gasteiger partial charge in [0.2, 0.25) is 0 Å². The number of nitrogens with one attached hydrogen (secondary N) is 2. The third-order valence-electron chi connectivity index (χ3n) is 8.14. The minimum absolute atomic E-state index is 0.423. The maximum Gasteiger partial charge on any atom is 0.0723 e. The molecule has 0 fully saturated rings. The highest BCUT2D eigenvalue weighted by molar-refractivity contribution is 8.27. The lowest BCUT2D eigenvalue weighted by Crippen LogP contribution is -2.30. The Bertz CT molecular complexity index is 1470. The van der Waals surface area contributed by atoms with Crippen LogP contribution in [0.3, 0.4) is 0 Å². The molecule has 0 amide bonds. The van der Waals surface area contributed by atoms with E-state index in [2.05, 4.69) is 162 Å². The van der Waals surface area contributed by atoms with E-state index in [-0.39, 0.29) is 0 Å². The highest BCUT2D eigenvalue weighted by Crippen LogP contribution is 2.61. The largest absolute Gasteiger partial charge is 0.252 e. The molecular weight excluding hydrogens is 713 g/mol. The van der Waals surface area contributed by atoms with Crippen molar-refractivity contribution in [2.24, 2.45) is 0 Å². The second-order valence-electron chi connectivity index (χ2n) is 12.6. The number of benzene rings is 4. The maximum atomic E-state index is 6.28. The minimum atomic E-state index is -2.12. The zero-order valence-corrected chi connectivity index (χ0v) is 35.1. The van der Waals surface area contributed by atoms with Gasteiger partial charge in [0, 0.05) is 33.6 Å². The molecule has 2 N–H and O–H groups in total. The molecule has 0 bridgehead atoms. The first kappa shape index (κ1) is 39.8. The number of hydrogen-bond acceptors (Lipinski definition) is 4. The minimum Gasteiger partial charge on any atom is -0.252 e. The van der Waals surface area contributed by atoms with Crippen LogP contribution in [0.2, 0.25) is 0 Å². The van der Waals surface area contributed by atoms with Gasteiger partial charge in [-0.2, -0.15) is 0 Å². The number of rotatable bonds is 12. The van der Waals surface area contributed by atoms with E-state index >= 15 is 0 Å². The van der Waals surface area contributed by atoms with Gasteiger partial charge >= 0.3 is 0 Å². The molecule has 46 heavy (non-hydrogen) atoms. The van der Waals surface area contributed by atoms with E-state index in [1.165, 1.54) is 21.2 Å². The van der Waals surface area contributed by atoms with Crippen molar-refractivity contribution in [3.63, 3.8) is 0 Å². The summed E-state index contributed by atoms with van der Waals surface area (Å²) >= 11 is 24.9.